The molecule has 31 heavy (non-hydrogen) atoms. The van der Waals surface area contributed by atoms with Gasteiger partial charge < -0.3 is 24.7 Å². The Morgan fingerprint density at radius 3 is 2.45 bits per heavy atom. The van der Waals surface area contributed by atoms with E-state index in [-0.39, 0.29) is 6.54 Å². The smallest absolute Gasteiger partial charge is 0.325 e. The van der Waals surface area contributed by atoms with E-state index in [4.69, 9.17) is 9.15 Å². The van der Waals surface area contributed by atoms with Gasteiger partial charge in [-0.2, -0.15) is 0 Å². The summed E-state index contributed by atoms with van der Waals surface area (Å²) in [6.07, 6.45) is 0. The van der Waals surface area contributed by atoms with E-state index in [9.17, 15) is 14.4 Å². The molecule has 4 rings (SSSR count). The minimum atomic E-state index is -1.26. The SMILES string of the molecule is Cc1cc(C2(C)NC(=O)N(CC(=O)Nc3ccc(N4CCOCC4)cc3)C2=O)c(C)o1. The maximum absolute atomic E-state index is 13.0. The monoisotopic (exact) mass is 426 g/mol. The Labute approximate surface area is 180 Å². The van der Waals surface area contributed by atoms with Crippen molar-refractivity contribution >= 4 is 29.2 Å². The van der Waals surface area contributed by atoms with E-state index >= 15 is 0 Å². The third kappa shape index (κ3) is 4.00. The molecule has 0 bridgehead atoms. The number of amides is 4. The molecule has 4 amide bonds. The Kier molecular flexibility index (Phi) is 5.45. The van der Waals surface area contributed by atoms with Crippen LogP contribution in [0.4, 0.5) is 16.2 Å². The van der Waals surface area contributed by atoms with Gasteiger partial charge in [-0.3, -0.25) is 14.5 Å². The number of urea groups is 1. The second-order valence-electron chi connectivity index (χ2n) is 7.97. The molecule has 9 nitrogen and oxygen atoms in total. The highest BCUT2D eigenvalue weighted by Crippen LogP contribution is 2.32. The molecule has 164 valence electrons. The van der Waals surface area contributed by atoms with Crippen LogP contribution in [0, 0.1) is 13.8 Å². The molecule has 1 unspecified atom stereocenters. The molecular formula is C22H26N4O5. The molecule has 0 radical (unpaired) electrons. The highest BCUT2D eigenvalue weighted by atomic mass is 16.5. The molecule has 0 spiro atoms. The number of morpholine rings is 1. The van der Waals surface area contributed by atoms with Gasteiger partial charge in [0.15, 0.2) is 0 Å². The number of ether oxygens (including phenoxy) is 1. The summed E-state index contributed by atoms with van der Waals surface area (Å²) < 4.78 is 10.9. The zero-order chi connectivity index (χ0) is 22.2. The van der Waals surface area contributed by atoms with Gasteiger partial charge in [0.1, 0.15) is 23.6 Å². The van der Waals surface area contributed by atoms with Crippen molar-refractivity contribution in [3.05, 3.63) is 47.4 Å². The molecule has 9 heteroatoms. The van der Waals surface area contributed by atoms with Gasteiger partial charge in [-0.25, -0.2) is 4.79 Å². The van der Waals surface area contributed by atoms with E-state index in [1.807, 2.05) is 12.1 Å². The lowest BCUT2D eigenvalue weighted by atomic mass is 9.92. The van der Waals surface area contributed by atoms with Crippen molar-refractivity contribution in [2.24, 2.45) is 0 Å². The van der Waals surface area contributed by atoms with E-state index in [1.165, 1.54) is 0 Å². The molecule has 1 aromatic carbocycles. The van der Waals surface area contributed by atoms with Crippen molar-refractivity contribution in [3.63, 3.8) is 0 Å². The minimum Gasteiger partial charge on any atom is -0.466 e. The fraction of sp³-hybridized carbons (Fsp3) is 0.409. The summed E-state index contributed by atoms with van der Waals surface area (Å²) >= 11 is 0. The Balaban J connectivity index is 1.41. The average Bonchev–Trinajstić information content (AvgIpc) is 3.20. The number of anilines is 2. The molecule has 2 saturated heterocycles. The average molecular weight is 426 g/mol. The number of nitrogens with zero attached hydrogens (tertiary/aromatic N) is 2. The van der Waals surface area contributed by atoms with E-state index in [0.29, 0.717) is 36.0 Å². The van der Waals surface area contributed by atoms with Gasteiger partial charge in [0.2, 0.25) is 5.91 Å². The zero-order valence-corrected chi connectivity index (χ0v) is 17.9. The van der Waals surface area contributed by atoms with Gasteiger partial charge >= 0.3 is 6.03 Å². The third-order valence-electron chi connectivity index (χ3n) is 5.68. The molecule has 1 atom stereocenters. The van der Waals surface area contributed by atoms with Crippen LogP contribution >= 0.6 is 0 Å². The Morgan fingerprint density at radius 2 is 1.84 bits per heavy atom. The topological polar surface area (TPSA) is 104 Å². The second kappa shape index (κ2) is 8.07. The summed E-state index contributed by atoms with van der Waals surface area (Å²) in [4.78, 5) is 41.2. The van der Waals surface area contributed by atoms with Crippen molar-refractivity contribution in [1.82, 2.24) is 10.2 Å². The maximum Gasteiger partial charge on any atom is 0.325 e. The number of carbonyl (C=O) groups excluding carboxylic acids is 3. The van der Waals surface area contributed by atoms with Gasteiger partial charge in [-0.1, -0.05) is 0 Å². The van der Waals surface area contributed by atoms with Crippen LogP contribution in [0.25, 0.3) is 0 Å². The second-order valence-corrected chi connectivity index (χ2v) is 7.97. The Hall–Kier alpha value is -3.33. The lowest BCUT2D eigenvalue weighted by molar-refractivity contribution is -0.133. The van der Waals surface area contributed by atoms with E-state index in [0.717, 1.165) is 23.7 Å². The largest absolute Gasteiger partial charge is 0.466 e. The Morgan fingerprint density at radius 1 is 1.16 bits per heavy atom. The number of aryl methyl sites for hydroxylation is 2. The first-order chi connectivity index (χ1) is 14.8. The lowest BCUT2D eigenvalue weighted by Crippen LogP contribution is -2.42. The molecule has 2 aliphatic heterocycles. The van der Waals surface area contributed by atoms with Crippen LogP contribution in [0.5, 0.6) is 0 Å². The first-order valence-electron chi connectivity index (χ1n) is 10.2. The molecule has 2 N–H and O–H groups in total. The number of rotatable bonds is 5. The molecule has 0 saturated carbocycles. The number of nitrogens with one attached hydrogen (secondary N) is 2. The first kappa shape index (κ1) is 20.9. The van der Waals surface area contributed by atoms with E-state index < -0.39 is 23.4 Å². The van der Waals surface area contributed by atoms with Gasteiger partial charge in [-0.15, -0.1) is 0 Å². The highest BCUT2D eigenvalue weighted by molar-refractivity contribution is 6.10. The number of hydrogen-bond acceptors (Lipinski definition) is 6. The number of carbonyl (C=O) groups is 3. The van der Waals surface area contributed by atoms with Crippen molar-refractivity contribution in [2.45, 2.75) is 26.3 Å². The van der Waals surface area contributed by atoms with Gasteiger partial charge in [0, 0.05) is 30.0 Å². The first-order valence-corrected chi connectivity index (χ1v) is 10.2. The summed E-state index contributed by atoms with van der Waals surface area (Å²) in [6.45, 7) is 7.80. The standard InChI is InChI=1S/C22H26N4O5/c1-14-12-18(15(2)31-14)22(3)20(28)26(21(29)24-22)13-19(27)23-16-4-6-17(7-5-16)25-8-10-30-11-9-25/h4-7,12H,8-11,13H2,1-3H3,(H,23,27)(H,24,29). The number of imide groups is 1. The summed E-state index contributed by atoms with van der Waals surface area (Å²) in [5, 5.41) is 5.44. The molecule has 2 fully saturated rings. The van der Waals surface area contributed by atoms with Crippen LogP contribution in [-0.4, -0.2) is 55.6 Å². The normalized spacial score (nSPS) is 21.4. The quantitative estimate of drug-likeness (QED) is 0.710. The number of hydrogen-bond donors (Lipinski definition) is 2. The fourth-order valence-corrected chi connectivity index (χ4v) is 4.07. The minimum absolute atomic E-state index is 0.374. The predicted molar refractivity (Wildman–Crippen MR) is 114 cm³/mol. The summed E-state index contributed by atoms with van der Waals surface area (Å²) in [6, 6.07) is 8.58. The van der Waals surface area contributed by atoms with Crippen molar-refractivity contribution in [1.29, 1.82) is 0 Å². The van der Waals surface area contributed by atoms with Gasteiger partial charge in [0.25, 0.3) is 5.91 Å². The van der Waals surface area contributed by atoms with E-state index in [1.54, 1.807) is 39.0 Å². The van der Waals surface area contributed by atoms with Crippen molar-refractivity contribution in [2.75, 3.05) is 43.1 Å². The van der Waals surface area contributed by atoms with Crippen LogP contribution in [0.1, 0.15) is 24.0 Å². The van der Waals surface area contributed by atoms with Crippen LogP contribution in [-0.2, 0) is 19.9 Å². The van der Waals surface area contributed by atoms with Gasteiger partial charge in [-0.05, 0) is 51.1 Å². The molecule has 0 aliphatic carbocycles. The molecule has 1 aromatic heterocycles. The lowest BCUT2D eigenvalue weighted by Gasteiger charge is -2.28. The molecule has 2 aromatic rings. The number of furan rings is 1. The third-order valence-corrected chi connectivity index (χ3v) is 5.68. The maximum atomic E-state index is 13.0. The van der Waals surface area contributed by atoms with Crippen LogP contribution in [0.15, 0.2) is 34.7 Å². The number of benzene rings is 1. The van der Waals surface area contributed by atoms with Crippen molar-refractivity contribution in [3.8, 4) is 0 Å². The molecule has 2 aliphatic rings. The molecular weight excluding hydrogens is 400 g/mol. The summed E-state index contributed by atoms with van der Waals surface area (Å²) in [5.41, 5.74) is 0.971. The summed E-state index contributed by atoms with van der Waals surface area (Å²) in [7, 11) is 0. The summed E-state index contributed by atoms with van der Waals surface area (Å²) in [5.74, 6) is 0.263. The van der Waals surface area contributed by atoms with Crippen LogP contribution in [0.3, 0.4) is 0 Å². The van der Waals surface area contributed by atoms with E-state index in [2.05, 4.69) is 15.5 Å². The van der Waals surface area contributed by atoms with Crippen molar-refractivity contribution < 1.29 is 23.5 Å². The van der Waals surface area contributed by atoms with Crippen LogP contribution in [0.2, 0.25) is 0 Å². The predicted octanol–water partition coefficient (Wildman–Crippen LogP) is 2.14. The zero-order valence-electron chi connectivity index (χ0n) is 17.9. The van der Waals surface area contributed by atoms with Crippen LogP contribution < -0.4 is 15.5 Å². The highest BCUT2D eigenvalue weighted by Gasteiger charge is 2.51. The fourth-order valence-electron chi connectivity index (χ4n) is 4.07. The van der Waals surface area contributed by atoms with Gasteiger partial charge in [0.05, 0.1) is 13.2 Å². The molecule has 3 heterocycles. The Bertz CT molecular complexity index is 1010.